The lowest BCUT2D eigenvalue weighted by molar-refractivity contribution is -0.168. The molecule has 0 fully saturated rings. The van der Waals surface area contributed by atoms with Gasteiger partial charge in [-0.15, -0.1) is 0 Å². The maximum Gasteiger partial charge on any atom is 0.245 e. The molecule has 0 aromatic heterocycles. The summed E-state index contributed by atoms with van der Waals surface area (Å²) in [4.78, 5) is 16.0. The van der Waals surface area contributed by atoms with E-state index in [0.717, 1.165) is 25.7 Å². The number of unbranched alkanes of at least 4 members (excludes halogenated alkanes) is 2. The van der Waals surface area contributed by atoms with Crippen LogP contribution in [0.5, 0.6) is 0 Å². The number of hydroxylamine groups is 2. The minimum absolute atomic E-state index is 0.0481. The third-order valence-electron chi connectivity index (χ3n) is 2.04. The Morgan fingerprint density at radius 2 is 2.07 bits per heavy atom. The van der Waals surface area contributed by atoms with Crippen LogP contribution in [0.25, 0.3) is 0 Å². The topological polar surface area (TPSA) is 29.5 Å². The molecule has 82 valence electrons. The van der Waals surface area contributed by atoms with Crippen LogP contribution in [0.2, 0.25) is 0 Å². The van der Waals surface area contributed by atoms with Crippen molar-refractivity contribution in [3.05, 3.63) is 12.2 Å². The molecule has 0 radical (unpaired) electrons. The summed E-state index contributed by atoms with van der Waals surface area (Å²) in [5.74, 6) is 0.0481. The van der Waals surface area contributed by atoms with Crippen LogP contribution in [0.4, 0.5) is 0 Å². The zero-order chi connectivity index (χ0) is 10.8. The number of carbonyl (C=O) groups is 1. The van der Waals surface area contributed by atoms with Crippen LogP contribution in [-0.4, -0.2) is 25.1 Å². The van der Waals surface area contributed by atoms with Crippen LogP contribution < -0.4 is 0 Å². The highest BCUT2D eigenvalue weighted by atomic mass is 16.7. The lowest BCUT2D eigenvalue weighted by Crippen LogP contribution is -2.24. The molecule has 0 atom stereocenters. The van der Waals surface area contributed by atoms with E-state index >= 15 is 0 Å². The predicted molar refractivity (Wildman–Crippen MR) is 57.7 cm³/mol. The molecule has 14 heavy (non-hydrogen) atoms. The molecule has 0 saturated heterocycles. The monoisotopic (exact) mass is 199 g/mol. The fraction of sp³-hybridized carbons (Fsp3) is 0.727. The van der Waals surface area contributed by atoms with Gasteiger partial charge >= 0.3 is 0 Å². The minimum Gasteiger partial charge on any atom is -0.275 e. The second-order valence-electron chi connectivity index (χ2n) is 3.20. The van der Waals surface area contributed by atoms with Gasteiger partial charge in [0.2, 0.25) is 5.91 Å². The maximum atomic E-state index is 11.2. The Labute approximate surface area is 86.7 Å². The van der Waals surface area contributed by atoms with E-state index in [1.807, 2.05) is 0 Å². The van der Waals surface area contributed by atoms with E-state index < -0.39 is 0 Å². The number of hydrogen-bond acceptors (Lipinski definition) is 2. The van der Waals surface area contributed by atoms with Crippen molar-refractivity contribution in [3.8, 4) is 0 Å². The summed E-state index contributed by atoms with van der Waals surface area (Å²) in [5.41, 5.74) is 0. The van der Waals surface area contributed by atoms with Gasteiger partial charge in [-0.25, -0.2) is 5.06 Å². The highest BCUT2D eigenvalue weighted by molar-refractivity contribution is 5.74. The Morgan fingerprint density at radius 3 is 2.64 bits per heavy atom. The first-order valence-electron chi connectivity index (χ1n) is 5.18. The molecule has 0 unspecified atom stereocenters. The van der Waals surface area contributed by atoms with Crippen molar-refractivity contribution < 1.29 is 9.63 Å². The van der Waals surface area contributed by atoms with Crippen molar-refractivity contribution in [1.29, 1.82) is 0 Å². The smallest absolute Gasteiger partial charge is 0.245 e. The number of hydrogen-bond donors (Lipinski definition) is 0. The van der Waals surface area contributed by atoms with Crippen molar-refractivity contribution in [2.75, 3.05) is 14.2 Å². The largest absolute Gasteiger partial charge is 0.275 e. The molecule has 1 amide bonds. The summed E-state index contributed by atoms with van der Waals surface area (Å²) in [6.45, 7) is 2.12. The van der Waals surface area contributed by atoms with Crippen molar-refractivity contribution in [1.82, 2.24) is 5.06 Å². The molecule has 0 aliphatic rings. The third kappa shape index (κ3) is 6.66. The van der Waals surface area contributed by atoms with E-state index in [1.54, 1.807) is 7.05 Å². The van der Waals surface area contributed by atoms with Crippen LogP contribution in [0, 0.1) is 0 Å². The van der Waals surface area contributed by atoms with Gasteiger partial charge in [0.25, 0.3) is 0 Å². The number of carbonyl (C=O) groups excluding carboxylic acids is 1. The molecule has 0 aliphatic carbocycles. The molecule has 0 heterocycles. The number of amides is 1. The lowest BCUT2D eigenvalue weighted by Gasteiger charge is -2.12. The number of allylic oxidation sites excluding steroid dienone is 2. The van der Waals surface area contributed by atoms with Gasteiger partial charge in [0.05, 0.1) is 7.11 Å². The average molecular weight is 199 g/mol. The first-order chi connectivity index (χ1) is 6.72. The summed E-state index contributed by atoms with van der Waals surface area (Å²) in [6, 6.07) is 0. The van der Waals surface area contributed by atoms with Crippen LogP contribution in [0.3, 0.4) is 0 Å². The summed E-state index contributed by atoms with van der Waals surface area (Å²) < 4.78 is 0. The molecule has 0 N–H and O–H groups in total. The van der Waals surface area contributed by atoms with E-state index in [1.165, 1.54) is 12.2 Å². The van der Waals surface area contributed by atoms with Gasteiger partial charge in [-0.1, -0.05) is 19.1 Å². The van der Waals surface area contributed by atoms with E-state index in [9.17, 15) is 4.79 Å². The van der Waals surface area contributed by atoms with Gasteiger partial charge in [0.1, 0.15) is 0 Å². The molecule has 0 aromatic carbocycles. The minimum atomic E-state index is 0.0481. The Balaban J connectivity index is 3.36. The van der Waals surface area contributed by atoms with Crippen molar-refractivity contribution in [2.24, 2.45) is 0 Å². The highest BCUT2D eigenvalue weighted by Crippen LogP contribution is 2.03. The van der Waals surface area contributed by atoms with Crippen LogP contribution in [0.15, 0.2) is 12.2 Å². The molecule has 0 bridgehead atoms. The van der Waals surface area contributed by atoms with Gasteiger partial charge in [0.15, 0.2) is 0 Å². The van der Waals surface area contributed by atoms with E-state index in [0.29, 0.717) is 6.42 Å². The maximum absolute atomic E-state index is 11.2. The summed E-state index contributed by atoms with van der Waals surface area (Å²) in [5, 5.41) is 1.28. The Hall–Kier alpha value is -0.830. The van der Waals surface area contributed by atoms with Crippen molar-refractivity contribution in [2.45, 2.75) is 39.0 Å². The summed E-state index contributed by atoms with van der Waals surface area (Å²) in [7, 11) is 3.14. The van der Waals surface area contributed by atoms with Gasteiger partial charge in [-0.3, -0.25) is 9.63 Å². The normalized spacial score (nSPS) is 10.8. The molecule has 0 spiro atoms. The van der Waals surface area contributed by atoms with Crippen LogP contribution >= 0.6 is 0 Å². The van der Waals surface area contributed by atoms with Gasteiger partial charge in [-0.2, -0.15) is 0 Å². The quantitative estimate of drug-likeness (QED) is 0.358. The average Bonchev–Trinajstić information content (AvgIpc) is 2.21. The highest BCUT2D eigenvalue weighted by Gasteiger charge is 2.05. The van der Waals surface area contributed by atoms with Crippen LogP contribution in [-0.2, 0) is 9.63 Å². The Kier molecular flexibility index (Phi) is 8.24. The van der Waals surface area contributed by atoms with Crippen molar-refractivity contribution in [3.63, 3.8) is 0 Å². The van der Waals surface area contributed by atoms with Crippen molar-refractivity contribution >= 4 is 5.91 Å². The van der Waals surface area contributed by atoms with Gasteiger partial charge in [-0.05, 0) is 25.7 Å². The first kappa shape index (κ1) is 13.2. The molecule has 0 rings (SSSR count). The Morgan fingerprint density at radius 1 is 1.36 bits per heavy atom. The first-order valence-corrected chi connectivity index (χ1v) is 5.18. The SMILES string of the molecule is CCC=CCCCCC(=O)N(C)OC. The molecular formula is C11H21NO2. The van der Waals surface area contributed by atoms with E-state index in [4.69, 9.17) is 4.84 Å². The molecule has 3 nitrogen and oxygen atoms in total. The summed E-state index contributed by atoms with van der Waals surface area (Å²) in [6.07, 6.45) is 9.06. The molecular weight excluding hydrogens is 178 g/mol. The number of nitrogens with zero attached hydrogens (tertiary/aromatic N) is 1. The molecule has 0 aromatic rings. The van der Waals surface area contributed by atoms with E-state index in [-0.39, 0.29) is 5.91 Å². The van der Waals surface area contributed by atoms with Gasteiger partial charge < -0.3 is 0 Å². The van der Waals surface area contributed by atoms with E-state index in [2.05, 4.69) is 19.1 Å². The fourth-order valence-electron chi connectivity index (χ4n) is 1.08. The molecule has 3 heteroatoms. The lowest BCUT2D eigenvalue weighted by atomic mass is 10.2. The molecule has 0 saturated carbocycles. The fourth-order valence-corrected chi connectivity index (χ4v) is 1.08. The summed E-state index contributed by atoms with van der Waals surface area (Å²) >= 11 is 0. The zero-order valence-electron chi connectivity index (χ0n) is 9.45. The molecule has 0 aliphatic heterocycles. The third-order valence-corrected chi connectivity index (χ3v) is 2.04. The standard InChI is InChI=1S/C11H21NO2/c1-4-5-6-7-8-9-10-11(13)12(2)14-3/h5-6H,4,7-10H2,1-3H3. The van der Waals surface area contributed by atoms with Gasteiger partial charge in [0, 0.05) is 13.5 Å². The second kappa shape index (κ2) is 8.75. The predicted octanol–water partition coefficient (Wildman–Crippen LogP) is 2.53. The second-order valence-corrected chi connectivity index (χ2v) is 3.20. The van der Waals surface area contributed by atoms with Crippen LogP contribution in [0.1, 0.15) is 39.0 Å². The Bertz CT molecular complexity index is 178. The number of rotatable bonds is 7. The zero-order valence-corrected chi connectivity index (χ0v) is 9.45.